The van der Waals surface area contributed by atoms with Gasteiger partial charge in [-0.15, -0.1) is 0 Å². The fourth-order valence-corrected chi connectivity index (χ4v) is 2.71. The maximum absolute atomic E-state index is 11.9. The molecule has 5 heteroatoms. The van der Waals surface area contributed by atoms with Crippen molar-refractivity contribution >= 4 is 21.8 Å². The lowest BCUT2D eigenvalue weighted by Gasteiger charge is -2.28. The molecule has 0 aromatic heterocycles. The minimum Gasteiger partial charge on any atom is -0.484 e. The van der Waals surface area contributed by atoms with Crippen LogP contribution in [0, 0.1) is 0 Å². The summed E-state index contributed by atoms with van der Waals surface area (Å²) in [6.45, 7) is 0.528. The van der Waals surface area contributed by atoms with Crippen molar-refractivity contribution in [2.45, 2.75) is 31.2 Å². The summed E-state index contributed by atoms with van der Waals surface area (Å²) >= 11 is 3.35. The summed E-state index contributed by atoms with van der Waals surface area (Å²) in [4.78, 5) is 11.9. The number of ether oxygens (including phenoxy) is 1. The summed E-state index contributed by atoms with van der Waals surface area (Å²) < 4.78 is 6.43. The molecule has 1 aromatic carbocycles. The van der Waals surface area contributed by atoms with Crippen LogP contribution >= 0.6 is 15.9 Å². The number of amides is 1. The number of rotatable bonds is 5. The smallest absolute Gasteiger partial charge is 0.258 e. The lowest BCUT2D eigenvalue weighted by atomic mass is 9.98. The van der Waals surface area contributed by atoms with E-state index in [1.165, 1.54) is 0 Å². The van der Waals surface area contributed by atoms with E-state index < -0.39 is 0 Å². The number of nitrogens with one attached hydrogen (secondary N) is 1. The van der Waals surface area contributed by atoms with Crippen LogP contribution in [0.1, 0.15) is 25.7 Å². The first-order valence-corrected chi connectivity index (χ1v) is 7.32. The fraction of sp³-hybridized carbons (Fsp3) is 0.500. The second-order valence-corrected chi connectivity index (χ2v) is 5.90. The number of halogens is 1. The Balaban J connectivity index is 1.82. The van der Waals surface area contributed by atoms with Crippen molar-refractivity contribution in [2.24, 2.45) is 5.73 Å². The van der Waals surface area contributed by atoms with Gasteiger partial charge in [0, 0.05) is 11.0 Å². The van der Waals surface area contributed by atoms with Crippen molar-refractivity contribution in [3.05, 3.63) is 28.7 Å². The Morgan fingerprint density at radius 1 is 1.32 bits per heavy atom. The summed E-state index contributed by atoms with van der Waals surface area (Å²) in [7, 11) is 0. The van der Waals surface area contributed by atoms with E-state index in [4.69, 9.17) is 10.5 Å². The molecule has 0 atom stereocenters. The van der Waals surface area contributed by atoms with Crippen molar-refractivity contribution in [1.82, 2.24) is 5.32 Å². The average molecular weight is 327 g/mol. The summed E-state index contributed by atoms with van der Waals surface area (Å²) in [5.74, 6) is 0.585. The third-order valence-electron chi connectivity index (χ3n) is 3.54. The molecule has 104 valence electrons. The van der Waals surface area contributed by atoms with Crippen LogP contribution in [0.3, 0.4) is 0 Å². The van der Waals surface area contributed by atoms with Crippen molar-refractivity contribution in [3.63, 3.8) is 0 Å². The lowest BCUT2D eigenvalue weighted by molar-refractivity contribution is -0.124. The Kier molecular flexibility index (Phi) is 4.82. The van der Waals surface area contributed by atoms with E-state index >= 15 is 0 Å². The quantitative estimate of drug-likeness (QED) is 0.872. The van der Waals surface area contributed by atoms with Gasteiger partial charge in [-0.25, -0.2) is 0 Å². The predicted octanol–water partition coefficient (Wildman–Crippen LogP) is 2.22. The highest BCUT2D eigenvalue weighted by molar-refractivity contribution is 9.10. The molecule has 0 radical (unpaired) electrons. The molecule has 4 nitrogen and oxygen atoms in total. The molecule has 1 amide bonds. The van der Waals surface area contributed by atoms with Gasteiger partial charge in [0.25, 0.3) is 5.91 Å². The van der Waals surface area contributed by atoms with Gasteiger partial charge in [0.15, 0.2) is 6.61 Å². The number of benzene rings is 1. The Morgan fingerprint density at radius 2 is 1.95 bits per heavy atom. The maximum atomic E-state index is 11.9. The topological polar surface area (TPSA) is 64.3 Å². The van der Waals surface area contributed by atoms with Crippen molar-refractivity contribution in [3.8, 4) is 5.75 Å². The molecule has 1 fully saturated rings. The maximum Gasteiger partial charge on any atom is 0.258 e. The molecule has 3 N–H and O–H groups in total. The Labute approximate surface area is 121 Å². The van der Waals surface area contributed by atoms with Crippen molar-refractivity contribution in [1.29, 1.82) is 0 Å². The summed E-state index contributed by atoms with van der Waals surface area (Å²) in [5, 5.41) is 3.03. The minimum atomic E-state index is -0.208. The zero-order valence-electron chi connectivity index (χ0n) is 10.8. The van der Waals surface area contributed by atoms with Gasteiger partial charge in [-0.05, 0) is 37.1 Å². The van der Waals surface area contributed by atoms with Gasteiger partial charge in [-0.2, -0.15) is 0 Å². The highest BCUT2D eigenvalue weighted by Crippen LogP contribution is 2.28. The number of carbonyl (C=O) groups excluding carboxylic acids is 1. The average Bonchev–Trinajstić information content (AvgIpc) is 2.87. The molecular formula is C14H19BrN2O2. The van der Waals surface area contributed by atoms with E-state index in [0.29, 0.717) is 12.3 Å². The van der Waals surface area contributed by atoms with Crippen LogP contribution in [0.2, 0.25) is 0 Å². The molecule has 1 saturated carbocycles. The monoisotopic (exact) mass is 326 g/mol. The number of carbonyl (C=O) groups is 1. The highest BCUT2D eigenvalue weighted by atomic mass is 79.9. The van der Waals surface area contributed by atoms with Gasteiger partial charge in [-0.1, -0.05) is 28.8 Å². The molecule has 1 aliphatic carbocycles. The second-order valence-electron chi connectivity index (χ2n) is 4.98. The normalized spacial score (nSPS) is 17.2. The molecule has 0 aliphatic heterocycles. The van der Waals surface area contributed by atoms with Gasteiger partial charge < -0.3 is 15.8 Å². The van der Waals surface area contributed by atoms with Crippen LogP contribution in [0.25, 0.3) is 0 Å². The fourth-order valence-electron chi connectivity index (χ4n) is 2.44. The molecule has 1 aliphatic rings. The summed E-state index contributed by atoms with van der Waals surface area (Å²) in [6, 6.07) is 7.41. The Bertz CT molecular complexity index is 428. The second kappa shape index (κ2) is 6.39. The summed E-state index contributed by atoms with van der Waals surface area (Å²) in [6.07, 6.45) is 4.19. The molecule has 1 aromatic rings. The molecule has 0 heterocycles. The van der Waals surface area contributed by atoms with E-state index in [0.717, 1.165) is 30.2 Å². The van der Waals surface area contributed by atoms with Crippen LogP contribution in [-0.2, 0) is 4.79 Å². The van der Waals surface area contributed by atoms with Gasteiger partial charge in [0.2, 0.25) is 0 Å². The zero-order valence-corrected chi connectivity index (χ0v) is 12.4. The Morgan fingerprint density at radius 3 is 2.53 bits per heavy atom. The van der Waals surface area contributed by atoms with Crippen LogP contribution in [0.4, 0.5) is 0 Å². The van der Waals surface area contributed by atoms with Crippen LogP contribution < -0.4 is 15.8 Å². The predicted molar refractivity (Wildman–Crippen MR) is 78.0 cm³/mol. The molecule has 0 bridgehead atoms. The minimum absolute atomic E-state index is 0.0311. The zero-order chi connectivity index (χ0) is 13.7. The Hall–Kier alpha value is -1.07. The largest absolute Gasteiger partial charge is 0.484 e. The van der Waals surface area contributed by atoms with E-state index in [9.17, 15) is 4.79 Å². The van der Waals surface area contributed by atoms with Crippen molar-refractivity contribution < 1.29 is 9.53 Å². The number of hydrogen-bond donors (Lipinski definition) is 2. The van der Waals surface area contributed by atoms with E-state index in [2.05, 4.69) is 21.2 Å². The van der Waals surface area contributed by atoms with E-state index in [1.807, 2.05) is 24.3 Å². The third-order valence-corrected chi connectivity index (χ3v) is 4.07. The lowest BCUT2D eigenvalue weighted by Crippen LogP contribution is -2.52. The summed E-state index contributed by atoms with van der Waals surface area (Å²) in [5.41, 5.74) is 5.57. The third kappa shape index (κ3) is 3.94. The molecule has 0 unspecified atom stereocenters. The SMILES string of the molecule is NCC1(NC(=O)COc2ccc(Br)cc2)CCCC1. The first-order chi connectivity index (χ1) is 9.13. The number of nitrogens with two attached hydrogens (primary N) is 1. The molecular weight excluding hydrogens is 308 g/mol. The van der Waals surface area contributed by atoms with Gasteiger partial charge in [-0.3, -0.25) is 4.79 Å². The first-order valence-electron chi connectivity index (χ1n) is 6.53. The standard InChI is InChI=1S/C14H19BrN2O2/c15-11-3-5-12(6-4-11)19-9-13(18)17-14(10-16)7-1-2-8-14/h3-6H,1-2,7-10,16H2,(H,17,18). The van der Waals surface area contributed by atoms with Crippen LogP contribution in [0.15, 0.2) is 28.7 Å². The van der Waals surface area contributed by atoms with Gasteiger partial charge in [0.05, 0.1) is 5.54 Å². The van der Waals surface area contributed by atoms with Crippen LogP contribution in [-0.4, -0.2) is 24.6 Å². The molecule has 19 heavy (non-hydrogen) atoms. The molecule has 0 saturated heterocycles. The highest BCUT2D eigenvalue weighted by Gasteiger charge is 2.33. The van der Waals surface area contributed by atoms with Gasteiger partial charge >= 0.3 is 0 Å². The van der Waals surface area contributed by atoms with Gasteiger partial charge in [0.1, 0.15) is 5.75 Å². The molecule has 2 rings (SSSR count). The van der Waals surface area contributed by atoms with E-state index in [1.54, 1.807) is 0 Å². The molecule has 0 spiro atoms. The van der Waals surface area contributed by atoms with Crippen molar-refractivity contribution in [2.75, 3.05) is 13.2 Å². The van der Waals surface area contributed by atoms with E-state index in [-0.39, 0.29) is 18.1 Å². The van der Waals surface area contributed by atoms with Crippen LogP contribution in [0.5, 0.6) is 5.75 Å². The number of hydrogen-bond acceptors (Lipinski definition) is 3. The first kappa shape index (κ1) is 14.3.